The molecule has 22 heavy (non-hydrogen) atoms. The Hall–Kier alpha value is -1.36. The van der Waals surface area contributed by atoms with Crippen molar-refractivity contribution in [1.29, 1.82) is 0 Å². The topological polar surface area (TPSA) is 101 Å². The minimum Gasteiger partial charge on any atom is -0.481 e. The molecule has 1 fully saturated rings. The summed E-state index contributed by atoms with van der Waals surface area (Å²) >= 11 is 0. The van der Waals surface area contributed by atoms with Gasteiger partial charge >= 0.3 is 18.1 Å². The number of nitrogens with zero attached hydrogens (tertiary/aromatic N) is 1. The van der Waals surface area contributed by atoms with Crippen LogP contribution in [0, 0.1) is 17.8 Å². The zero-order valence-corrected chi connectivity index (χ0v) is 12.6. The molecule has 0 bridgehead atoms. The van der Waals surface area contributed by atoms with Crippen molar-refractivity contribution < 1.29 is 41.0 Å². The Morgan fingerprint density at radius 1 is 1.36 bits per heavy atom. The van der Waals surface area contributed by atoms with Gasteiger partial charge < -0.3 is 9.84 Å². The van der Waals surface area contributed by atoms with Gasteiger partial charge in [-0.1, -0.05) is 6.92 Å². The number of carboxylic acids is 1. The summed E-state index contributed by atoms with van der Waals surface area (Å²) in [7, 11) is -3.15. The molecule has 1 unspecified atom stereocenters. The molecule has 1 N–H and O–H groups in total. The Kier molecular flexibility index (Phi) is 5.44. The summed E-state index contributed by atoms with van der Waals surface area (Å²) in [5.74, 6) is -8.46. The SMILES string of the molecule is COC(=O)C(C)CS(=O)(=O)N1C[C@@H](C(F)(F)F)[C@H](C(=O)O)C1. The molecular weight excluding hydrogens is 331 g/mol. The van der Waals surface area contributed by atoms with Crippen molar-refractivity contribution in [2.24, 2.45) is 17.8 Å². The highest BCUT2D eigenvalue weighted by molar-refractivity contribution is 7.89. The van der Waals surface area contributed by atoms with Gasteiger partial charge in [-0.2, -0.15) is 13.2 Å². The molecular formula is C11H16F3NO6S. The summed E-state index contributed by atoms with van der Waals surface area (Å²) < 4.78 is 67.4. The van der Waals surface area contributed by atoms with Crippen LogP contribution in [0.4, 0.5) is 13.2 Å². The number of alkyl halides is 3. The van der Waals surface area contributed by atoms with Gasteiger partial charge in [-0.25, -0.2) is 12.7 Å². The average molecular weight is 347 g/mol. The van der Waals surface area contributed by atoms with E-state index in [0.717, 1.165) is 7.11 Å². The molecule has 0 amide bonds. The summed E-state index contributed by atoms with van der Waals surface area (Å²) in [6.07, 6.45) is -4.82. The number of esters is 1. The Bertz CT molecular complexity index is 547. The largest absolute Gasteiger partial charge is 0.481 e. The summed E-state index contributed by atoms with van der Waals surface area (Å²) in [4.78, 5) is 22.1. The molecule has 0 aromatic heterocycles. The number of hydrogen-bond donors (Lipinski definition) is 1. The van der Waals surface area contributed by atoms with Crippen LogP contribution in [0.15, 0.2) is 0 Å². The van der Waals surface area contributed by atoms with Gasteiger partial charge in [0.15, 0.2) is 0 Å². The summed E-state index contributed by atoms with van der Waals surface area (Å²) in [5.41, 5.74) is 0. The van der Waals surface area contributed by atoms with Gasteiger partial charge in [0.05, 0.1) is 30.6 Å². The number of aliphatic carboxylic acids is 1. The smallest absolute Gasteiger partial charge is 0.393 e. The van der Waals surface area contributed by atoms with Crippen LogP contribution in [-0.2, 0) is 24.3 Å². The lowest BCUT2D eigenvalue weighted by Gasteiger charge is -2.19. The number of rotatable bonds is 5. The first kappa shape index (κ1) is 18.7. The highest BCUT2D eigenvalue weighted by Crippen LogP contribution is 2.38. The van der Waals surface area contributed by atoms with Crippen LogP contribution >= 0.6 is 0 Å². The molecule has 0 spiro atoms. The van der Waals surface area contributed by atoms with Crippen molar-refractivity contribution >= 4 is 22.0 Å². The van der Waals surface area contributed by atoms with E-state index in [4.69, 9.17) is 5.11 Å². The van der Waals surface area contributed by atoms with Crippen molar-refractivity contribution in [2.75, 3.05) is 26.0 Å². The summed E-state index contributed by atoms with van der Waals surface area (Å²) in [6.45, 7) is -0.470. The third-order valence-electron chi connectivity index (χ3n) is 3.48. The summed E-state index contributed by atoms with van der Waals surface area (Å²) in [6, 6.07) is 0. The quantitative estimate of drug-likeness (QED) is 0.719. The Balaban J connectivity index is 2.94. The fraction of sp³-hybridized carbons (Fsp3) is 0.818. The maximum atomic E-state index is 12.8. The second kappa shape index (κ2) is 6.41. The standard InChI is InChI=1S/C11H16F3NO6S/c1-6(10(18)21-2)5-22(19,20)15-3-7(9(16)17)8(4-15)11(12,13)14/h6-8H,3-5H2,1-2H3,(H,16,17)/t6?,7-,8-/m1/s1. The van der Waals surface area contributed by atoms with Crippen LogP contribution in [0.2, 0.25) is 0 Å². The molecule has 1 heterocycles. The monoisotopic (exact) mass is 347 g/mol. The van der Waals surface area contributed by atoms with Gasteiger partial charge in [0, 0.05) is 13.1 Å². The molecule has 1 aliphatic heterocycles. The van der Waals surface area contributed by atoms with Gasteiger partial charge in [-0.05, 0) is 0 Å². The van der Waals surface area contributed by atoms with Crippen molar-refractivity contribution in [2.45, 2.75) is 13.1 Å². The van der Waals surface area contributed by atoms with E-state index in [2.05, 4.69) is 4.74 Å². The number of hydrogen-bond acceptors (Lipinski definition) is 5. The van der Waals surface area contributed by atoms with E-state index in [1.807, 2.05) is 0 Å². The van der Waals surface area contributed by atoms with Crippen LogP contribution in [0.25, 0.3) is 0 Å². The second-order valence-corrected chi connectivity index (χ2v) is 7.13. The molecule has 7 nitrogen and oxygen atoms in total. The zero-order valence-electron chi connectivity index (χ0n) is 11.8. The first-order valence-corrected chi connectivity index (χ1v) is 7.86. The number of methoxy groups -OCH3 is 1. The predicted molar refractivity (Wildman–Crippen MR) is 67.2 cm³/mol. The highest BCUT2D eigenvalue weighted by Gasteiger charge is 2.54. The predicted octanol–water partition coefficient (Wildman–Crippen LogP) is 0.320. The fourth-order valence-corrected chi connectivity index (χ4v) is 4.02. The molecule has 0 aromatic carbocycles. The molecule has 3 atom stereocenters. The van der Waals surface area contributed by atoms with Crippen LogP contribution in [0.1, 0.15) is 6.92 Å². The Labute approximate surface area is 125 Å². The average Bonchev–Trinajstić information content (AvgIpc) is 2.82. The third kappa shape index (κ3) is 4.09. The van der Waals surface area contributed by atoms with Crippen LogP contribution in [-0.4, -0.2) is 61.9 Å². The highest BCUT2D eigenvalue weighted by atomic mass is 32.2. The van der Waals surface area contributed by atoms with Crippen LogP contribution in [0.5, 0.6) is 0 Å². The number of carbonyl (C=O) groups excluding carboxylic acids is 1. The van der Waals surface area contributed by atoms with E-state index in [1.54, 1.807) is 0 Å². The minimum atomic E-state index is -4.82. The lowest BCUT2D eigenvalue weighted by Crippen LogP contribution is -2.36. The van der Waals surface area contributed by atoms with E-state index in [-0.39, 0.29) is 0 Å². The maximum Gasteiger partial charge on any atom is 0.393 e. The van der Waals surface area contributed by atoms with Gasteiger partial charge in [-0.3, -0.25) is 9.59 Å². The van der Waals surface area contributed by atoms with E-state index in [9.17, 15) is 31.2 Å². The van der Waals surface area contributed by atoms with Crippen molar-refractivity contribution in [3.63, 3.8) is 0 Å². The number of sulfonamides is 1. The van der Waals surface area contributed by atoms with Gasteiger partial charge in [0.2, 0.25) is 10.0 Å². The number of carbonyl (C=O) groups is 2. The van der Waals surface area contributed by atoms with E-state index in [1.165, 1.54) is 6.92 Å². The van der Waals surface area contributed by atoms with Gasteiger partial charge in [0.1, 0.15) is 0 Å². The third-order valence-corrected chi connectivity index (χ3v) is 5.49. The Morgan fingerprint density at radius 2 is 1.91 bits per heavy atom. The molecule has 1 aliphatic rings. The Morgan fingerprint density at radius 3 is 2.27 bits per heavy atom. The number of halogens is 3. The normalized spacial score (nSPS) is 25.0. The van der Waals surface area contributed by atoms with Crippen LogP contribution in [0.3, 0.4) is 0 Å². The molecule has 128 valence electrons. The molecule has 0 aromatic rings. The van der Waals surface area contributed by atoms with Crippen molar-refractivity contribution in [3.8, 4) is 0 Å². The van der Waals surface area contributed by atoms with Gasteiger partial charge in [0.25, 0.3) is 0 Å². The lowest BCUT2D eigenvalue weighted by molar-refractivity contribution is -0.187. The van der Waals surface area contributed by atoms with E-state index in [0.29, 0.717) is 4.31 Å². The molecule has 0 aliphatic carbocycles. The second-order valence-electron chi connectivity index (χ2n) is 5.11. The zero-order chi connectivity index (χ0) is 17.3. The number of ether oxygens (including phenoxy) is 1. The molecule has 11 heteroatoms. The van der Waals surface area contributed by atoms with E-state index >= 15 is 0 Å². The van der Waals surface area contributed by atoms with E-state index < -0.39 is 64.7 Å². The minimum absolute atomic E-state index is 0.476. The summed E-state index contributed by atoms with van der Waals surface area (Å²) in [5, 5.41) is 8.84. The van der Waals surface area contributed by atoms with Crippen molar-refractivity contribution in [3.05, 3.63) is 0 Å². The lowest BCUT2D eigenvalue weighted by atomic mass is 9.96. The molecule has 0 saturated carbocycles. The first-order chi connectivity index (χ1) is 9.90. The number of carboxylic acid groups (broad SMARTS) is 1. The molecule has 1 saturated heterocycles. The first-order valence-electron chi connectivity index (χ1n) is 6.25. The molecule has 1 rings (SSSR count). The maximum absolute atomic E-state index is 12.8. The van der Waals surface area contributed by atoms with Crippen LogP contribution < -0.4 is 0 Å². The van der Waals surface area contributed by atoms with Crippen molar-refractivity contribution in [1.82, 2.24) is 4.31 Å². The fourth-order valence-electron chi connectivity index (χ4n) is 2.27. The van der Waals surface area contributed by atoms with Gasteiger partial charge in [-0.15, -0.1) is 0 Å². The molecule has 0 radical (unpaired) electrons.